The third-order valence-electron chi connectivity index (χ3n) is 13.5. The van der Waals surface area contributed by atoms with E-state index in [0.717, 1.165) is 38.5 Å². The summed E-state index contributed by atoms with van der Waals surface area (Å²) >= 11 is 0. The number of hydrogen-bond donors (Lipinski definition) is 6. The predicted octanol–water partition coefficient (Wildman–Crippen LogP) is 13.4. The molecule has 1 saturated heterocycles. The summed E-state index contributed by atoms with van der Waals surface area (Å²) in [5.74, 6) is -0.175. The van der Waals surface area contributed by atoms with Crippen molar-refractivity contribution in [3.63, 3.8) is 0 Å². The van der Waals surface area contributed by atoms with Gasteiger partial charge in [0.1, 0.15) is 24.4 Å². The number of aliphatic hydroxyl groups is 5. The molecule has 0 aromatic carbocycles. The second-order valence-electron chi connectivity index (χ2n) is 19.7. The van der Waals surface area contributed by atoms with Crippen LogP contribution in [-0.4, -0.2) is 87.5 Å². The van der Waals surface area contributed by atoms with Crippen molar-refractivity contribution < 1.29 is 39.8 Å². The normalized spacial score (nSPS) is 20.0. The van der Waals surface area contributed by atoms with Gasteiger partial charge in [-0.3, -0.25) is 4.79 Å². The van der Waals surface area contributed by atoms with Gasteiger partial charge in [0.05, 0.1) is 25.4 Å². The van der Waals surface area contributed by atoms with E-state index in [1.165, 1.54) is 212 Å². The Morgan fingerprint density at radius 2 is 0.862 bits per heavy atom. The second-order valence-corrected chi connectivity index (χ2v) is 19.7. The molecule has 9 nitrogen and oxygen atoms in total. The fraction of sp³-hybridized carbons (Fsp3) is 0.911. The number of rotatable bonds is 48. The van der Waals surface area contributed by atoms with E-state index >= 15 is 0 Å². The first-order chi connectivity index (χ1) is 31.8. The van der Waals surface area contributed by atoms with Gasteiger partial charge in [0.2, 0.25) is 5.91 Å². The Morgan fingerprint density at radius 3 is 1.25 bits per heavy atom. The van der Waals surface area contributed by atoms with E-state index in [9.17, 15) is 30.3 Å². The van der Waals surface area contributed by atoms with Gasteiger partial charge in [-0.05, 0) is 44.9 Å². The molecule has 0 bridgehead atoms. The summed E-state index contributed by atoms with van der Waals surface area (Å²) in [7, 11) is 0. The lowest BCUT2D eigenvalue weighted by Gasteiger charge is -2.40. The Labute approximate surface area is 400 Å². The highest BCUT2D eigenvalue weighted by Gasteiger charge is 2.44. The summed E-state index contributed by atoms with van der Waals surface area (Å²) in [6, 6.07) is -0.803. The van der Waals surface area contributed by atoms with Crippen LogP contribution in [0.25, 0.3) is 0 Å². The highest BCUT2D eigenvalue weighted by atomic mass is 16.7. The predicted molar refractivity (Wildman–Crippen MR) is 272 cm³/mol. The molecule has 1 aliphatic heterocycles. The molecule has 7 unspecified atom stereocenters. The molecular weight excluding hydrogens is 815 g/mol. The summed E-state index contributed by atoms with van der Waals surface area (Å²) in [5.41, 5.74) is 0. The zero-order chi connectivity index (χ0) is 47.3. The molecule has 0 aromatic heterocycles. The van der Waals surface area contributed by atoms with Crippen molar-refractivity contribution in [2.75, 3.05) is 13.2 Å². The number of allylic oxidation sites excluding steroid dienone is 3. The molecule has 0 saturated carbocycles. The maximum Gasteiger partial charge on any atom is 0.220 e. The number of amides is 1. The van der Waals surface area contributed by atoms with Gasteiger partial charge in [-0.1, -0.05) is 244 Å². The minimum absolute atomic E-state index is 0.175. The van der Waals surface area contributed by atoms with E-state index in [0.29, 0.717) is 6.42 Å². The third kappa shape index (κ3) is 36.3. The average Bonchev–Trinajstić information content (AvgIpc) is 3.31. The van der Waals surface area contributed by atoms with Crippen LogP contribution in [0.3, 0.4) is 0 Å². The zero-order valence-corrected chi connectivity index (χ0v) is 42.5. The van der Waals surface area contributed by atoms with Crippen LogP contribution in [0.4, 0.5) is 0 Å². The highest BCUT2D eigenvalue weighted by molar-refractivity contribution is 5.76. The Balaban J connectivity index is 2.19. The Bertz CT molecular complexity index is 1070. The number of ether oxygens (including phenoxy) is 2. The SMILES string of the molecule is CCCCCCCCCCCCCC/C=C\CCCCCCCCCCCCCC(=O)NC(COC1OC(CO)C(O)C(O)C1O)C(O)/C=C/CCCCCCCCCCCCCCC. The fourth-order valence-corrected chi connectivity index (χ4v) is 9.04. The van der Waals surface area contributed by atoms with Crippen molar-refractivity contribution in [3.05, 3.63) is 24.3 Å². The zero-order valence-electron chi connectivity index (χ0n) is 42.5. The van der Waals surface area contributed by atoms with Crippen molar-refractivity contribution in [2.24, 2.45) is 0 Å². The number of aliphatic hydroxyl groups excluding tert-OH is 5. The van der Waals surface area contributed by atoms with Crippen LogP contribution < -0.4 is 5.32 Å². The first-order valence-corrected chi connectivity index (χ1v) is 28.1. The summed E-state index contributed by atoms with van der Waals surface area (Å²) in [4.78, 5) is 13.0. The molecule has 6 N–H and O–H groups in total. The Hall–Kier alpha value is -1.33. The van der Waals surface area contributed by atoms with Gasteiger partial charge in [0.25, 0.3) is 0 Å². The van der Waals surface area contributed by atoms with E-state index in [4.69, 9.17) is 9.47 Å². The molecule has 1 amide bonds. The molecule has 1 fully saturated rings. The van der Waals surface area contributed by atoms with Crippen LogP contribution in [0, 0.1) is 0 Å². The van der Waals surface area contributed by atoms with Crippen molar-refractivity contribution in [2.45, 2.75) is 314 Å². The molecule has 0 aliphatic carbocycles. The van der Waals surface area contributed by atoms with Crippen LogP contribution in [0.5, 0.6) is 0 Å². The number of carbonyl (C=O) groups excluding carboxylic acids is 1. The van der Waals surface area contributed by atoms with Crippen LogP contribution in [0.1, 0.15) is 271 Å². The molecule has 0 spiro atoms. The Kier molecular flexibility index (Phi) is 44.0. The van der Waals surface area contributed by atoms with E-state index in [2.05, 4.69) is 31.3 Å². The second kappa shape index (κ2) is 46.4. The average molecular weight is 922 g/mol. The van der Waals surface area contributed by atoms with Crippen molar-refractivity contribution in [1.82, 2.24) is 5.32 Å². The molecule has 0 radical (unpaired) electrons. The van der Waals surface area contributed by atoms with Gasteiger partial charge < -0.3 is 40.3 Å². The lowest BCUT2D eigenvalue weighted by Crippen LogP contribution is -2.60. The van der Waals surface area contributed by atoms with Crippen molar-refractivity contribution in [1.29, 1.82) is 0 Å². The standard InChI is InChI=1S/C56H107NO8/c1-3-5-7-9-11-13-15-17-19-20-21-22-23-24-25-26-27-28-29-30-32-34-36-38-40-42-44-46-52(60)57-49(48-64-56-55(63)54(62)53(61)51(47-58)65-56)50(59)45-43-41-39-37-35-33-31-18-16-14-12-10-8-6-4-2/h24-25,43,45,49-51,53-56,58-59,61-63H,3-23,26-42,44,46-48H2,1-2H3,(H,57,60)/b25-24-,45-43+. The topological polar surface area (TPSA) is 149 Å². The lowest BCUT2D eigenvalue weighted by molar-refractivity contribution is -0.302. The monoisotopic (exact) mass is 922 g/mol. The van der Waals surface area contributed by atoms with Crippen LogP contribution in [0.2, 0.25) is 0 Å². The molecule has 7 atom stereocenters. The first-order valence-electron chi connectivity index (χ1n) is 28.1. The maximum atomic E-state index is 13.0. The highest BCUT2D eigenvalue weighted by Crippen LogP contribution is 2.23. The fourth-order valence-electron chi connectivity index (χ4n) is 9.04. The van der Waals surface area contributed by atoms with E-state index in [-0.39, 0.29) is 12.5 Å². The third-order valence-corrected chi connectivity index (χ3v) is 13.5. The lowest BCUT2D eigenvalue weighted by atomic mass is 9.99. The molecule has 9 heteroatoms. The van der Waals surface area contributed by atoms with Gasteiger partial charge in [-0.15, -0.1) is 0 Å². The van der Waals surface area contributed by atoms with Gasteiger partial charge in [-0.2, -0.15) is 0 Å². The van der Waals surface area contributed by atoms with E-state index < -0.39 is 49.5 Å². The Morgan fingerprint density at radius 1 is 0.508 bits per heavy atom. The molecule has 384 valence electrons. The van der Waals surface area contributed by atoms with Crippen molar-refractivity contribution in [3.8, 4) is 0 Å². The van der Waals surface area contributed by atoms with Crippen LogP contribution >= 0.6 is 0 Å². The minimum Gasteiger partial charge on any atom is -0.394 e. The summed E-state index contributed by atoms with van der Waals surface area (Å²) in [6.07, 6.45) is 51.0. The summed E-state index contributed by atoms with van der Waals surface area (Å²) in [6.45, 7) is 3.80. The van der Waals surface area contributed by atoms with Crippen LogP contribution in [0.15, 0.2) is 24.3 Å². The quantitative estimate of drug-likeness (QED) is 0.0261. The smallest absolute Gasteiger partial charge is 0.220 e. The number of unbranched alkanes of at least 4 members (excludes halogenated alkanes) is 36. The molecule has 0 aromatic rings. The van der Waals surface area contributed by atoms with Crippen molar-refractivity contribution >= 4 is 5.91 Å². The first kappa shape index (κ1) is 61.7. The molecule has 1 aliphatic rings. The molecule has 1 heterocycles. The summed E-state index contributed by atoms with van der Waals surface area (Å²) < 4.78 is 11.3. The summed E-state index contributed by atoms with van der Waals surface area (Å²) in [5, 5.41) is 54.4. The maximum absolute atomic E-state index is 13.0. The van der Waals surface area contributed by atoms with Crippen LogP contribution in [-0.2, 0) is 14.3 Å². The number of nitrogens with one attached hydrogen (secondary N) is 1. The largest absolute Gasteiger partial charge is 0.394 e. The van der Waals surface area contributed by atoms with E-state index in [1.807, 2.05) is 6.08 Å². The van der Waals surface area contributed by atoms with Gasteiger partial charge >= 0.3 is 0 Å². The molecular formula is C56H107NO8. The molecule has 1 rings (SSSR count). The van der Waals surface area contributed by atoms with Gasteiger partial charge in [0.15, 0.2) is 6.29 Å². The van der Waals surface area contributed by atoms with Gasteiger partial charge in [-0.25, -0.2) is 0 Å². The van der Waals surface area contributed by atoms with Gasteiger partial charge in [0, 0.05) is 6.42 Å². The van der Waals surface area contributed by atoms with E-state index in [1.54, 1.807) is 6.08 Å². The minimum atomic E-state index is -1.56. The number of hydrogen-bond acceptors (Lipinski definition) is 8. The number of carbonyl (C=O) groups is 1. The molecule has 65 heavy (non-hydrogen) atoms.